The normalized spacial score (nSPS) is 14.0. The number of nitrogen functional groups attached to an aromatic ring is 1. The predicted molar refractivity (Wildman–Crippen MR) is 145 cm³/mol. The molecule has 10 heteroatoms. The molecule has 0 spiro atoms. The minimum atomic E-state index is 0.383. The van der Waals surface area contributed by atoms with Crippen LogP contribution in [0.4, 0.5) is 17.2 Å². The Kier molecular flexibility index (Phi) is 8.15. The van der Waals surface area contributed by atoms with Gasteiger partial charge in [0, 0.05) is 54.7 Å². The summed E-state index contributed by atoms with van der Waals surface area (Å²) in [6.45, 7) is 5.47. The lowest BCUT2D eigenvalue weighted by atomic mass is 10.2. The molecule has 0 radical (unpaired) electrons. The van der Waals surface area contributed by atoms with Gasteiger partial charge in [0.1, 0.15) is 30.3 Å². The number of hydrogen-bond acceptors (Lipinski definition) is 9. The van der Waals surface area contributed by atoms with Crippen molar-refractivity contribution in [1.82, 2.24) is 19.9 Å². The first-order valence-electron chi connectivity index (χ1n) is 12.2. The molecule has 1 aliphatic rings. The summed E-state index contributed by atoms with van der Waals surface area (Å²) in [6.07, 6.45) is 5.91. The molecule has 0 saturated carbocycles. The van der Waals surface area contributed by atoms with Gasteiger partial charge in [0.2, 0.25) is 0 Å². The van der Waals surface area contributed by atoms with Crippen molar-refractivity contribution < 1.29 is 14.2 Å². The summed E-state index contributed by atoms with van der Waals surface area (Å²) in [7, 11) is 0. The number of nitrogens with one attached hydrogen (secondary N) is 1. The SMILES string of the molecule is Nc1cc2c(Nc3ccc(OCc4cccnc4)c(Cl)c3)ncnc2cc1OCCCN1CCOCC1. The number of benzene rings is 2. The van der Waals surface area contributed by atoms with E-state index in [2.05, 4.69) is 25.2 Å². The summed E-state index contributed by atoms with van der Waals surface area (Å²) in [5, 5.41) is 4.58. The standard InChI is InChI=1S/C27H29ClN6O3/c28-22-13-20(4-5-25(22)37-17-19-3-1-6-30-16-19)33-27-21-14-23(29)26(15-24(21)31-18-32-27)36-10-2-7-34-8-11-35-12-9-34/h1,3-6,13-16,18H,2,7-12,17,29H2,(H,31,32,33). The molecule has 1 saturated heterocycles. The van der Waals surface area contributed by atoms with Crippen LogP contribution >= 0.6 is 11.6 Å². The minimum Gasteiger partial charge on any atom is -0.491 e. The number of ether oxygens (including phenoxy) is 3. The van der Waals surface area contributed by atoms with Crippen molar-refractivity contribution in [2.75, 3.05) is 50.5 Å². The molecule has 37 heavy (non-hydrogen) atoms. The average Bonchev–Trinajstić information content (AvgIpc) is 2.92. The highest BCUT2D eigenvalue weighted by molar-refractivity contribution is 6.32. The van der Waals surface area contributed by atoms with E-state index in [0.717, 1.165) is 61.4 Å². The third kappa shape index (κ3) is 6.56. The molecule has 0 amide bonds. The lowest BCUT2D eigenvalue weighted by Gasteiger charge is -2.26. The van der Waals surface area contributed by atoms with Crippen LogP contribution in [0.2, 0.25) is 5.02 Å². The predicted octanol–water partition coefficient (Wildman–Crippen LogP) is 4.68. The first-order chi connectivity index (χ1) is 18.2. The first-order valence-corrected chi connectivity index (χ1v) is 12.6. The lowest BCUT2D eigenvalue weighted by Crippen LogP contribution is -2.37. The van der Waals surface area contributed by atoms with E-state index in [4.69, 9.17) is 31.5 Å². The Morgan fingerprint density at radius 3 is 2.76 bits per heavy atom. The maximum absolute atomic E-state index is 6.48. The highest BCUT2D eigenvalue weighted by atomic mass is 35.5. The van der Waals surface area contributed by atoms with Gasteiger partial charge in [0.05, 0.1) is 36.0 Å². The molecule has 1 aliphatic heterocycles. The number of anilines is 3. The zero-order valence-electron chi connectivity index (χ0n) is 20.4. The van der Waals surface area contributed by atoms with Crippen molar-refractivity contribution in [1.29, 1.82) is 0 Å². The molecule has 4 aromatic rings. The lowest BCUT2D eigenvalue weighted by molar-refractivity contribution is 0.0358. The van der Waals surface area contributed by atoms with Crippen LogP contribution < -0.4 is 20.5 Å². The third-order valence-electron chi connectivity index (χ3n) is 6.06. The van der Waals surface area contributed by atoms with Crippen molar-refractivity contribution in [3.8, 4) is 11.5 Å². The molecule has 0 bridgehead atoms. The van der Waals surface area contributed by atoms with Crippen LogP contribution in [0, 0.1) is 0 Å². The minimum absolute atomic E-state index is 0.383. The van der Waals surface area contributed by atoms with E-state index in [9.17, 15) is 0 Å². The van der Waals surface area contributed by atoms with E-state index in [-0.39, 0.29) is 0 Å². The molecule has 192 valence electrons. The zero-order chi connectivity index (χ0) is 25.5. The summed E-state index contributed by atoms with van der Waals surface area (Å²) in [5.41, 5.74) is 9.32. The molecule has 0 aliphatic carbocycles. The molecular formula is C27H29ClN6O3. The Bertz CT molecular complexity index is 1330. The monoisotopic (exact) mass is 520 g/mol. The smallest absolute Gasteiger partial charge is 0.144 e. The number of hydrogen-bond donors (Lipinski definition) is 2. The molecule has 3 heterocycles. The van der Waals surface area contributed by atoms with E-state index in [0.29, 0.717) is 41.2 Å². The summed E-state index contributed by atoms with van der Waals surface area (Å²) < 4.78 is 17.2. The van der Waals surface area contributed by atoms with Gasteiger partial charge in [-0.25, -0.2) is 9.97 Å². The van der Waals surface area contributed by atoms with Gasteiger partial charge in [-0.05, 0) is 36.8 Å². The van der Waals surface area contributed by atoms with E-state index in [1.54, 1.807) is 18.5 Å². The molecule has 9 nitrogen and oxygen atoms in total. The van der Waals surface area contributed by atoms with Crippen LogP contribution in [0.25, 0.3) is 10.9 Å². The van der Waals surface area contributed by atoms with Gasteiger partial charge in [-0.1, -0.05) is 17.7 Å². The zero-order valence-corrected chi connectivity index (χ0v) is 21.2. The third-order valence-corrected chi connectivity index (χ3v) is 6.35. The van der Waals surface area contributed by atoms with Crippen molar-refractivity contribution in [3.05, 3.63) is 71.8 Å². The van der Waals surface area contributed by atoms with Gasteiger partial charge in [-0.3, -0.25) is 9.88 Å². The Labute approximate surface area is 220 Å². The quantitative estimate of drug-likeness (QED) is 0.227. The summed E-state index contributed by atoms with van der Waals surface area (Å²) in [4.78, 5) is 15.3. The van der Waals surface area contributed by atoms with E-state index in [1.807, 2.05) is 36.4 Å². The van der Waals surface area contributed by atoms with Gasteiger partial charge < -0.3 is 25.3 Å². The Hall–Kier alpha value is -3.66. The molecule has 1 fully saturated rings. The maximum Gasteiger partial charge on any atom is 0.144 e. The molecular weight excluding hydrogens is 492 g/mol. The number of halogens is 1. The van der Waals surface area contributed by atoms with Gasteiger partial charge in [0.15, 0.2) is 0 Å². The van der Waals surface area contributed by atoms with Crippen LogP contribution in [-0.4, -0.2) is 59.3 Å². The molecule has 3 N–H and O–H groups in total. The molecule has 2 aromatic carbocycles. The van der Waals surface area contributed by atoms with Crippen LogP contribution in [0.15, 0.2) is 61.2 Å². The molecule has 0 atom stereocenters. The largest absolute Gasteiger partial charge is 0.491 e. The van der Waals surface area contributed by atoms with Gasteiger partial charge in [-0.2, -0.15) is 0 Å². The fraction of sp³-hybridized carbons (Fsp3) is 0.296. The number of pyridine rings is 1. The van der Waals surface area contributed by atoms with Crippen molar-refractivity contribution in [2.24, 2.45) is 0 Å². The fourth-order valence-corrected chi connectivity index (χ4v) is 4.33. The molecule has 2 aromatic heterocycles. The maximum atomic E-state index is 6.48. The number of morpholine rings is 1. The van der Waals surface area contributed by atoms with Crippen LogP contribution in [0.3, 0.4) is 0 Å². The topological polar surface area (TPSA) is 108 Å². The van der Waals surface area contributed by atoms with Crippen LogP contribution in [0.1, 0.15) is 12.0 Å². The number of nitrogens with zero attached hydrogens (tertiary/aromatic N) is 4. The summed E-state index contributed by atoms with van der Waals surface area (Å²) >= 11 is 6.48. The van der Waals surface area contributed by atoms with Crippen molar-refractivity contribution in [2.45, 2.75) is 13.0 Å². The van der Waals surface area contributed by atoms with Crippen LogP contribution in [0.5, 0.6) is 11.5 Å². The Morgan fingerprint density at radius 1 is 1.05 bits per heavy atom. The highest BCUT2D eigenvalue weighted by Crippen LogP contribution is 2.33. The van der Waals surface area contributed by atoms with Gasteiger partial charge in [-0.15, -0.1) is 0 Å². The number of nitrogens with two attached hydrogens (primary N) is 1. The van der Waals surface area contributed by atoms with Crippen molar-refractivity contribution in [3.63, 3.8) is 0 Å². The molecule has 0 unspecified atom stereocenters. The average molecular weight is 521 g/mol. The summed E-state index contributed by atoms with van der Waals surface area (Å²) in [5.74, 6) is 1.83. The number of aromatic nitrogens is 3. The first kappa shape index (κ1) is 25.0. The van der Waals surface area contributed by atoms with Crippen LogP contribution in [-0.2, 0) is 11.3 Å². The van der Waals surface area contributed by atoms with E-state index in [1.165, 1.54) is 6.33 Å². The fourth-order valence-electron chi connectivity index (χ4n) is 4.10. The van der Waals surface area contributed by atoms with E-state index < -0.39 is 0 Å². The number of rotatable bonds is 10. The Balaban J connectivity index is 1.23. The van der Waals surface area contributed by atoms with Crippen molar-refractivity contribution >= 4 is 39.7 Å². The number of fused-ring (bicyclic) bond motifs is 1. The second kappa shape index (κ2) is 12.1. The summed E-state index contributed by atoms with van der Waals surface area (Å²) in [6, 6.07) is 13.0. The molecule has 5 rings (SSSR count). The second-order valence-electron chi connectivity index (χ2n) is 8.71. The Morgan fingerprint density at radius 2 is 1.95 bits per heavy atom. The van der Waals surface area contributed by atoms with Gasteiger partial charge >= 0.3 is 0 Å². The van der Waals surface area contributed by atoms with E-state index >= 15 is 0 Å². The second-order valence-corrected chi connectivity index (χ2v) is 9.11. The van der Waals surface area contributed by atoms with Gasteiger partial charge in [0.25, 0.3) is 0 Å². The highest BCUT2D eigenvalue weighted by Gasteiger charge is 2.12.